The van der Waals surface area contributed by atoms with Crippen LogP contribution in [-0.2, 0) is 9.59 Å². The normalized spacial score (nSPS) is 23.1. The molecule has 5 nitrogen and oxygen atoms in total. The van der Waals surface area contributed by atoms with E-state index in [2.05, 4.69) is 5.32 Å². The van der Waals surface area contributed by atoms with Crippen molar-refractivity contribution >= 4 is 11.8 Å². The van der Waals surface area contributed by atoms with Crippen molar-refractivity contribution in [3.05, 3.63) is 0 Å². The first kappa shape index (κ1) is 13.0. The highest BCUT2D eigenvalue weighted by molar-refractivity contribution is 5.79. The van der Waals surface area contributed by atoms with Crippen LogP contribution in [0.3, 0.4) is 0 Å². The van der Waals surface area contributed by atoms with Gasteiger partial charge in [-0.2, -0.15) is 0 Å². The van der Waals surface area contributed by atoms with Crippen molar-refractivity contribution in [3.63, 3.8) is 0 Å². The largest absolute Gasteiger partial charge is 0.352 e. The van der Waals surface area contributed by atoms with Gasteiger partial charge in [0.25, 0.3) is 0 Å². The first-order valence-electron chi connectivity index (χ1n) is 5.76. The van der Waals surface area contributed by atoms with Crippen LogP contribution in [0.4, 0.5) is 0 Å². The molecule has 1 heterocycles. The molecule has 92 valence electrons. The summed E-state index contributed by atoms with van der Waals surface area (Å²) in [5.41, 5.74) is 5.46. The van der Waals surface area contributed by atoms with Gasteiger partial charge in [0.1, 0.15) is 0 Å². The Morgan fingerprint density at radius 2 is 2.38 bits per heavy atom. The number of nitrogens with two attached hydrogens (primary N) is 1. The first-order valence-corrected chi connectivity index (χ1v) is 5.76. The molecule has 1 fully saturated rings. The molecule has 0 aromatic carbocycles. The van der Waals surface area contributed by atoms with Crippen molar-refractivity contribution in [1.82, 2.24) is 10.2 Å². The second-order valence-electron chi connectivity index (χ2n) is 4.62. The van der Waals surface area contributed by atoms with Gasteiger partial charge < -0.3 is 16.0 Å². The van der Waals surface area contributed by atoms with E-state index >= 15 is 0 Å². The minimum absolute atomic E-state index is 0.0331. The highest BCUT2D eigenvalue weighted by Gasteiger charge is 2.24. The Morgan fingerprint density at radius 1 is 1.69 bits per heavy atom. The summed E-state index contributed by atoms with van der Waals surface area (Å²) in [5, 5.41) is 2.95. The Bertz CT molecular complexity index is 268. The molecule has 0 spiro atoms. The van der Waals surface area contributed by atoms with E-state index in [4.69, 9.17) is 5.73 Å². The molecule has 2 amide bonds. The zero-order chi connectivity index (χ0) is 12.1. The van der Waals surface area contributed by atoms with Crippen LogP contribution in [0.2, 0.25) is 0 Å². The van der Waals surface area contributed by atoms with Crippen molar-refractivity contribution in [1.29, 1.82) is 0 Å². The maximum atomic E-state index is 11.6. The molecule has 0 bridgehead atoms. The molecule has 1 rings (SSSR count). The SMILES string of the molecule is CC(CN)CC(=O)NC1CCC(=O)N(C)C1. The predicted octanol–water partition coefficient (Wildman–Crippen LogP) is -0.292. The average molecular weight is 227 g/mol. The minimum Gasteiger partial charge on any atom is -0.352 e. The van der Waals surface area contributed by atoms with Gasteiger partial charge >= 0.3 is 0 Å². The quantitative estimate of drug-likeness (QED) is 0.693. The van der Waals surface area contributed by atoms with Gasteiger partial charge in [0.2, 0.25) is 11.8 Å². The maximum absolute atomic E-state index is 11.6. The van der Waals surface area contributed by atoms with Crippen LogP contribution >= 0.6 is 0 Å². The van der Waals surface area contributed by atoms with Crippen LogP contribution in [0, 0.1) is 5.92 Å². The lowest BCUT2D eigenvalue weighted by Gasteiger charge is -2.30. The van der Waals surface area contributed by atoms with Gasteiger partial charge in [-0.05, 0) is 18.9 Å². The Labute approximate surface area is 96.4 Å². The molecule has 1 aliphatic heterocycles. The minimum atomic E-state index is 0.0331. The lowest BCUT2D eigenvalue weighted by molar-refractivity contribution is -0.134. The zero-order valence-corrected chi connectivity index (χ0v) is 10.0. The Morgan fingerprint density at radius 3 is 2.94 bits per heavy atom. The average Bonchev–Trinajstić information content (AvgIpc) is 2.23. The van der Waals surface area contributed by atoms with E-state index < -0.39 is 0 Å². The fraction of sp³-hybridized carbons (Fsp3) is 0.818. The van der Waals surface area contributed by atoms with E-state index in [1.165, 1.54) is 0 Å². The monoisotopic (exact) mass is 227 g/mol. The lowest BCUT2D eigenvalue weighted by Crippen LogP contribution is -2.48. The molecule has 1 saturated heterocycles. The molecule has 0 saturated carbocycles. The fourth-order valence-corrected chi connectivity index (χ4v) is 1.82. The highest BCUT2D eigenvalue weighted by Crippen LogP contribution is 2.10. The van der Waals surface area contributed by atoms with Gasteiger partial charge in [-0.3, -0.25) is 9.59 Å². The molecular weight excluding hydrogens is 206 g/mol. The van der Waals surface area contributed by atoms with E-state index in [1.54, 1.807) is 11.9 Å². The lowest BCUT2D eigenvalue weighted by atomic mass is 10.0. The second-order valence-corrected chi connectivity index (χ2v) is 4.62. The molecule has 3 N–H and O–H groups in total. The standard InChI is InChI=1S/C11H21N3O2/c1-8(6-12)5-10(15)13-9-3-4-11(16)14(2)7-9/h8-9H,3-7,12H2,1-2H3,(H,13,15). The van der Waals surface area contributed by atoms with Gasteiger partial charge in [-0.1, -0.05) is 6.92 Å². The Balaban J connectivity index is 2.32. The van der Waals surface area contributed by atoms with E-state index in [0.717, 1.165) is 6.42 Å². The summed E-state index contributed by atoms with van der Waals surface area (Å²) in [6.45, 7) is 3.09. The Kier molecular flexibility index (Phi) is 4.73. The number of hydrogen-bond donors (Lipinski definition) is 2. The first-order chi connectivity index (χ1) is 7.52. The number of rotatable bonds is 4. The molecule has 0 aromatic rings. The second kappa shape index (κ2) is 5.84. The van der Waals surface area contributed by atoms with Gasteiger partial charge in [0, 0.05) is 32.5 Å². The van der Waals surface area contributed by atoms with E-state index in [-0.39, 0.29) is 23.8 Å². The molecular formula is C11H21N3O2. The molecule has 0 radical (unpaired) electrons. The predicted molar refractivity (Wildman–Crippen MR) is 61.6 cm³/mol. The van der Waals surface area contributed by atoms with Crippen molar-refractivity contribution < 1.29 is 9.59 Å². The molecule has 2 unspecified atom stereocenters. The number of amides is 2. The molecule has 0 aliphatic carbocycles. The van der Waals surface area contributed by atoms with Crippen LogP contribution in [0.5, 0.6) is 0 Å². The van der Waals surface area contributed by atoms with Crippen molar-refractivity contribution in [2.24, 2.45) is 11.7 Å². The van der Waals surface area contributed by atoms with Gasteiger partial charge in [0.15, 0.2) is 0 Å². The van der Waals surface area contributed by atoms with E-state index in [0.29, 0.717) is 25.9 Å². The van der Waals surface area contributed by atoms with E-state index in [9.17, 15) is 9.59 Å². The topological polar surface area (TPSA) is 75.4 Å². The third kappa shape index (κ3) is 3.81. The summed E-state index contributed by atoms with van der Waals surface area (Å²) < 4.78 is 0. The zero-order valence-electron chi connectivity index (χ0n) is 10.0. The smallest absolute Gasteiger partial charge is 0.222 e. The Hall–Kier alpha value is -1.10. The number of carbonyl (C=O) groups is 2. The summed E-state index contributed by atoms with van der Waals surface area (Å²) >= 11 is 0. The maximum Gasteiger partial charge on any atom is 0.222 e. The number of likely N-dealkylation sites (N-methyl/N-ethyl adjacent to an activating group) is 1. The van der Waals surface area contributed by atoms with Crippen LogP contribution in [0.25, 0.3) is 0 Å². The number of hydrogen-bond acceptors (Lipinski definition) is 3. The van der Waals surface area contributed by atoms with Crippen molar-refractivity contribution in [2.75, 3.05) is 20.1 Å². The molecule has 2 atom stereocenters. The number of likely N-dealkylation sites (tertiary alicyclic amines) is 1. The van der Waals surface area contributed by atoms with Crippen LogP contribution in [0.1, 0.15) is 26.2 Å². The van der Waals surface area contributed by atoms with Crippen molar-refractivity contribution in [3.8, 4) is 0 Å². The molecule has 16 heavy (non-hydrogen) atoms. The molecule has 0 aromatic heterocycles. The van der Waals surface area contributed by atoms with Gasteiger partial charge in [-0.15, -0.1) is 0 Å². The van der Waals surface area contributed by atoms with Crippen molar-refractivity contribution in [2.45, 2.75) is 32.2 Å². The van der Waals surface area contributed by atoms with Crippen LogP contribution in [0.15, 0.2) is 0 Å². The third-order valence-corrected chi connectivity index (χ3v) is 2.93. The fourth-order valence-electron chi connectivity index (χ4n) is 1.82. The van der Waals surface area contributed by atoms with Crippen LogP contribution < -0.4 is 11.1 Å². The van der Waals surface area contributed by atoms with Gasteiger partial charge in [-0.25, -0.2) is 0 Å². The number of nitrogens with one attached hydrogen (secondary N) is 1. The van der Waals surface area contributed by atoms with Crippen LogP contribution in [-0.4, -0.2) is 42.9 Å². The molecule has 5 heteroatoms. The summed E-state index contributed by atoms with van der Waals surface area (Å²) in [5.74, 6) is 0.398. The van der Waals surface area contributed by atoms with Gasteiger partial charge in [0.05, 0.1) is 0 Å². The highest BCUT2D eigenvalue weighted by atomic mass is 16.2. The number of piperidine rings is 1. The summed E-state index contributed by atoms with van der Waals surface area (Å²) in [4.78, 5) is 24.5. The summed E-state index contributed by atoms with van der Waals surface area (Å²) in [6, 6.07) is 0.0974. The number of carbonyl (C=O) groups excluding carboxylic acids is 2. The summed E-state index contributed by atoms with van der Waals surface area (Å²) in [6.07, 6.45) is 1.73. The van der Waals surface area contributed by atoms with E-state index in [1.807, 2.05) is 6.92 Å². The number of nitrogens with zero attached hydrogens (tertiary/aromatic N) is 1. The molecule has 1 aliphatic rings. The third-order valence-electron chi connectivity index (χ3n) is 2.93. The summed E-state index contributed by atoms with van der Waals surface area (Å²) in [7, 11) is 1.77.